The van der Waals surface area contributed by atoms with Gasteiger partial charge in [-0.25, -0.2) is 0 Å². The van der Waals surface area contributed by atoms with Crippen LogP contribution in [0.25, 0.3) is 6.08 Å². The summed E-state index contributed by atoms with van der Waals surface area (Å²) < 4.78 is 0. The fourth-order valence-corrected chi connectivity index (χ4v) is 0.833. The Hall–Kier alpha value is -1.50. The topological polar surface area (TPSA) is 12.0 Å². The van der Waals surface area contributed by atoms with Crippen LogP contribution in [0.4, 0.5) is 5.69 Å². The van der Waals surface area contributed by atoms with Gasteiger partial charge in [-0.1, -0.05) is 31.4 Å². The molecule has 1 rings (SSSR count). The summed E-state index contributed by atoms with van der Waals surface area (Å²) in [6, 6.07) is 7.97. The minimum Gasteiger partial charge on any atom is -0.362 e. The molecule has 11 heavy (non-hydrogen) atoms. The summed E-state index contributed by atoms with van der Waals surface area (Å²) >= 11 is 0. The summed E-state index contributed by atoms with van der Waals surface area (Å²) in [6.07, 6.45) is 3.47. The number of rotatable bonds is 3. The van der Waals surface area contributed by atoms with E-state index >= 15 is 0 Å². The van der Waals surface area contributed by atoms with E-state index in [4.69, 9.17) is 0 Å². The molecule has 0 amide bonds. The highest BCUT2D eigenvalue weighted by atomic mass is 14.8. The Morgan fingerprint density at radius 1 is 1.09 bits per heavy atom. The standard InChI is InChI=1S/C10H11N/c1-3-9-5-7-10(8-6-9)11-4-2/h3-8,11H,1-2H2. The normalized spacial score (nSPS) is 8.73. The molecule has 0 aliphatic carbocycles. The maximum absolute atomic E-state index is 3.67. The Bertz CT molecular complexity index is 246. The summed E-state index contributed by atoms with van der Waals surface area (Å²) in [4.78, 5) is 0. The van der Waals surface area contributed by atoms with Gasteiger partial charge in [0.15, 0.2) is 0 Å². The molecule has 0 aliphatic rings. The van der Waals surface area contributed by atoms with Gasteiger partial charge in [0, 0.05) is 5.69 Å². The molecule has 0 aromatic heterocycles. The van der Waals surface area contributed by atoms with Crippen LogP contribution in [0.1, 0.15) is 5.56 Å². The van der Waals surface area contributed by atoms with E-state index in [1.165, 1.54) is 0 Å². The Morgan fingerprint density at radius 3 is 2.18 bits per heavy atom. The van der Waals surface area contributed by atoms with Gasteiger partial charge in [-0.3, -0.25) is 0 Å². The quantitative estimate of drug-likeness (QED) is 0.689. The van der Waals surface area contributed by atoms with Crippen LogP contribution in [0.5, 0.6) is 0 Å². The molecule has 1 heteroatoms. The van der Waals surface area contributed by atoms with Crippen LogP contribution >= 0.6 is 0 Å². The SMILES string of the molecule is C=CNc1ccc(C=C)cc1. The van der Waals surface area contributed by atoms with Gasteiger partial charge in [-0.2, -0.15) is 0 Å². The molecule has 1 aromatic rings. The Kier molecular flexibility index (Phi) is 2.50. The number of hydrogen-bond acceptors (Lipinski definition) is 1. The summed E-state index contributed by atoms with van der Waals surface area (Å²) in [5.74, 6) is 0. The maximum atomic E-state index is 3.67. The van der Waals surface area contributed by atoms with Crippen molar-refractivity contribution in [2.45, 2.75) is 0 Å². The van der Waals surface area contributed by atoms with E-state index in [1.807, 2.05) is 30.3 Å². The maximum Gasteiger partial charge on any atom is 0.0379 e. The van der Waals surface area contributed by atoms with Crippen LogP contribution in [0.2, 0.25) is 0 Å². The van der Waals surface area contributed by atoms with E-state index in [-0.39, 0.29) is 0 Å². The molecule has 0 heterocycles. The predicted octanol–water partition coefficient (Wildman–Crippen LogP) is 2.89. The van der Waals surface area contributed by atoms with Crippen molar-refractivity contribution in [1.29, 1.82) is 0 Å². The summed E-state index contributed by atoms with van der Waals surface area (Å²) in [6.45, 7) is 7.23. The van der Waals surface area contributed by atoms with Crippen molar-refractivity contribution in [2.75, 3.05) is 5.32 Å². The van der Waals surface area contributed by atoms with Crippen LogP contribution in [0.15, 0.2) is 43.6 Å². The van der Waals surface area contributed by atoms with Crippen molar-refractivity contribution in [3.63, 3.8) is 0 Å². The zero-order valence-electron chi connectivity index (χ0n) is 6.38. The average molecular weight is 145 g/mol. The largest absolute Gasteiger partial charge is 0.362 e. The van der Waals surface area contributed by atoms with Crippen molar-refractivity contribution < 1.29 is 0 Å². The van der Waals surface area contributed by atoms with E-state index in [9.17, 15) is 0 Å². The predicted molar refractivity (Wildman–Crippen MR) is 50.4 cm³/mol. The Balaban J connectivity index is 2.81. The first-order valence-corrected chi connectivity index (χ1v) is 3.47. The summed E-state index contributed by atoms with van der Waals surface area (Å²) in [5, 5.41) is 2.99. The number of nitrogens with one attached hydrogen (secondary N) is 1. The van der Waals surface area contributed by atoms with Crippen molar-refractivity contribution in [2.24, 2.45) is 0 Å². The summed E-state index contributed by atoms with van der Waals surface area (Å²) in [5.41, 5.74) is 2.17. The van der Waals surface area contributed by atoms with Gasteiger partial charge < -0.3 is 5.32 Å². The van der Waals surface area contributed by atoms with Gasteiger partial charge in [0.1, 0.15) is 0 Å². The van der Waals surface area contributed by atoms with Gasteiger partial charge in [-0.05, 0) is 23.9 Å². The number of anilines is 1. The van der Waals surface area contributed by atoms with Crippen LogP contribution in [-0.2, 0) is 0 Å². The second-order valence-corrected chi connectivity index (χ2v) is 2.17. The fraction of sp³-hybridized carbons (Fsp3) is 0. The zero-order chi connectivity index (χ0) is 8.10. The highest BCUT2D eigenvalue weighted by Gasteiger charge is 1.86. The van der Waals surface area contributed by atoms with Crippen LogP contribution < -0.4 is 5.32 Å². The van der Waals surface area contributed by atoms with E-state index in [0.717, 1.165) is 11.3 Å². The van der Waals surface area contributed by atoms with Gasteiger partial charge in [0.2, 0.25) is 0 Å². The summed E-state index contributed by atoms with van der Waals surface area (Å²) in [7, 11) is 0. The molecule has 0 aliphatic heterocycles. The highest BCUT2D eigenvalue weighted by molar-refractivity contribution is 5.54. The van der Waals surface area contributed by atoms with Gasteiger partial charge in [0.25, 0.3) is 0 Å². The first kappa shape index (κ1) is 7.61. The molecule has 0 spiro atoms. The smallest absolute Gasteiger partial charge is 0.0379 e. The first-order chi connectivity index (χ1) is 5.36. The van der Waals surface area contributed by atoms with Crippen molar-refractivity contribution >= 4 is 11.8 Å². The molecule has 0 fully saturated rings. The second-order valence-electron chi connectivity index (χ2n) is 2.17. The Morgan fingerprint density at radius 2 is 1.73 bits per heavy atom. The van der Waals surface area contributed by atoms with Crippen LogP contribution in [-0.4, -0.2) is 0 Å². The second kappa shape index (κ2) is 3.62. The highest BCUT2D eigenvalue weighted by Crippen LogP contribution is 2.09. The molecule has 1 N–H and O–H groups in total. The third-order valence-electron chi connectivity index (χ3n) is 1.42. The molecular weight excluding hydrogens is 134 g/mol. The third-order valence-corrected chi connectivity index (χ3v) is 1.42. The lowest BCUT2D eigenvalue weighted by Gasteiger charge is -1.99. The molecule has 56 valence electrons. The lowest BCUT2D eigenvalue weighted by Crippen LogP contribution is -1.84. The molecular formula is C10H11N. The van der Waals surface area contributed by atoms with E-state index < -0.39 is 0 Å². The monoisotopic (exact) mass is 145 g/mol. The molecule has 1 nitrogen and oxygen atoms in total. The molecule has 0 radical (unpaired) electrons. The van der Waals surface area contributed by atoms with Crippen molar-refractivity contribution in [3.05, 3.63) is 49.2 Å². The van der Waals surface area contributed by atoms with E-state index in [1.54, 1.807) is 6.20 Å². The molecule has 0 saturated carbocycles. The zero-order valence-corrected chi connectivity index (χ0v) is 6.38. The van der Waals surface area contributed by atoms with Crippen molar-refractivity contribution in [3.8, 4) is 0 Å². The van der Waals surface area contributed by atoms with Gasteiger partial charge >= 0.3 is 0 Å². The third kappa shape index (κ3) is 1.97. The minimum atomic E-state index is 1.05. The molecule has 1 aromatic carbocycles. The fourth-order valence-electron chi connectivity index (χ4n) is 0.833. The van der Waals surface area contributed by atoms with E-state index in [0.29, 0.717) is 0 Å². The van der Waals surface area contributed by atoms with Crippen molar-refractivity contribution in [1.82, 2.24) is 0 Å². The average Bonchev–Trinajstić information content (AvgIpc) is 2.07. The number of benzene rings is 1. The first-order valence-electron chi connectivity index (χ1n) is 3.47. The lowest BCUT2D eigenvalue weighted by molar-refractivity contribution is 1.58. The minimum absolute atomic E-state index is 1.05. The number of hydrogen-bond donors (Lipinski definition) is 1. The van der Waals surface area contributed by atoms with Gasteiger partial charge in [0.05, 0.1) is 0 Å². The molecule has 0 unspecified atom stereocenters. The van der Waals surface area contributed by atoms with E-state index in [2.05, 4.69) is 18.5 Å². The molecule has 0 saturated heterocycles. The lowest BCUT2D eigenvalue weighted by atomic mass is 10.2. The van der Waals surface area contributed by atoms with Crippen LogP contribution in [0, 0.1) is 0 Å². The van der Waals surface area contributed by atoms with Gasteiger partial charge in [-0.15, -0.1) is 0 Å². The van der Waals surface area contributed by atoms with Crippen LogP contribution in [0.3, 0.4) is 0 Å². The molecule has 0 atom stereocenters. The molecule has 0 bridgehead atoms. The Labute approximate surface area is 67.1 Å².